The molecule has 0 fully saturated rings. The third-order valence-corrected chi connectivity index (χ3v) is 4.40. The van der Waals surface area contributed by atoms with Crippen molar-refractivity contribution in [3.8, 4) is 0 Å². The molecule has 2 aliphatic heterocycles. The van der Waals surface area contributed by atoms with Crippen molar-refractivity contribution in [1.29, 1.82) is 0 Å². The minimum atomic E-state index is -0.952. The van der Waals surface area contributed by atoms with Crippen molar-refractivity contribution >= 4 is 22.4 Å². The smallest absolute Gasteiger partial charge is 0.296 e. The highest BCUT2D eigenvalue weighted by Gasteiger charge is 2.38. The van der Waals surface area contributed by atoms with E-state index < -0.39 is 5.54 Å². The van der Waals surface area contributed by atoms with Crippen LogP contribution in [0.2, 0.25) is 0 Å². The van der Waals surface area contributed by atoms with E-state index >= 15 is 0 Å². The summed E-state index contributed by atoms with van der Waals surface area (Å²) in [7, 11) is 0. The molecule has 118 valence electrons. The largest absolute Gasteiger partial charge is 0.376 e. The molecule has 0 saturated heterocycles. The molecule has 0 bridgehead atoms. The van der Waals surface area contributed by atoms with Crippen molar-refractivity contribution in [3.63, 3.8) is 0 Å². The molecule has 1 aromatic carbocycles. The Balaban J connectivity index is 1.91. The van der Waals surface area contributed by atoms with Gasteiger partial charge < -0.3 is 16.0 Å². The summed E-state index contributed by atoms with van der Waals surface area (Å²) in [5.74, 6) is -0.146. The number of nitrogens with zero attached hydrogens (tertiary/aromatic N) is 3. The zero-order chi connectivity index (χ0) is 16.4. The van der Waals surface area contributed by atoms with Crippen molar-refractivity contribution in [1.82, 2.24) is 15.1 Å². The van der Waals surface area contributed by atoms with Gasteiger partial charge in [0.25, 0.3) is 5.56 Å². The summed E-state index contributed by atoms with van der Waals surface area (Å²) in [5.41, 5.74) is 7.17. The Morgan fingerprint density at radius 3 is 2.91 bits per heavy atom. The molecule has 0 spiro atoms. The highest BCUT2D eigenvalue weighted by molar-refractivity contribution is 6.00. The lowest BCUT2D eigenvalue weighted by atomic mass is 9.96. The fourth-order valence-electron chi connectivity index (χ4n) is 3.42. The lowest BCUT2D eigenvalue weighted by Gasteiger charge is -2.35. The first-order chi connectivity index (χ1) is 10.9. The molecule has 1 amide bonds. The maximum Gasteiger partial charge on any atom is 0.296 e. The van der Waals surface area contributed by atoms with Crippen molar-refractivity contribution < 1.29 is 4.79 Å². The van der Waals surface area contributed by atoms with Crippen molar-refractivity contribution in [2.75, 3.05) is 11.9 Å². The fraction of sp³-hybridized carbons (Fsp3) is 0.375. The molecule has 1 aromatic heterocycles. The van der Waals surface area contributed by atoms with Gasteiger partial charge in [-0.3, -0.25) is 9.59 Å². The van der Waals surface area contributed by atoms with Gasteiger partial charge in [-0.1, -0.05) is 6.07 Å². The Hall–Kier alpha value is -2.54. The Labute approximate surface area is 132 Å². The molecule has 2 aromatic rings. The van der Waals surface area contributed by atoms with E-state index in [-0.39, 0.29) is 17.5 Å². The van der Waals surface area contributed by atoms with Crippen molar-refractivity contribution in [3.05, 3.63) is 39.8 Å². The number of carbonyl (C=O) groups excluding carboxylic acids is 1. The van der Waals surface area contributed by atoms with Crippen LogP contribution in [0.15, 0.2) is 23.0 Å². The van der Waals surface area contributed by atoms with Gasteiger partial charge in [0.1, 0.15) is 0 Å². The first-order valence-corrected chi connectivity index (χ1v) is 7.53. The van der Waals surface area contributed by atoms with Crippen LogP contribution >= 0.6 is 0 Å². The van der Waals surface area contributed by atoms with Crippen LogP contribution in [0.4, 0.5) is 5.69 Å². The lowest BCUT2D eigenvalue weighted by Crippen LogP contribution is -2.53. The summed E-state index contributed by atoms with van der Waals surface area (Å²) in [6.07, 6.45) is 0. The minimum Gasteiger partial charge on any atom is -0.376 e. The number of amides is 1. The molecular weight excluding hydrogens is 294 g/mol. The Kier molecular flexibility index (Phi) is 2.74. The summed E-state index contributed by atoms with van der Waals surface area (Å²) < 4.78 is 0. The molecule has 0 radical (unpaired) electrons. The highest BCUT2D eigenvalue weighted by atomic mass is 16.2. The van der Waals surface area contributed by atoms with E-state index in [4.69, 9.17) is 5.73 Å². The van der Waals surface area contributed by atoms with E-state index in [1.54, 1.807) is 24.8 Å². The molecule has 7 heteroatoms. The normalized spacial score (nSPS) is 18.9. The number of nitrogens with two attached hydrogens (primary N) is 1. The third kappa shape index (κ3) is 2.00. The van der Waals surface area contributed by atoms with Gasteiger partial charge >= 0.3 is 0 Å². The monoisotopic (exact) mass is 311 g/mol. The van der Waals surface area contributed by atoms with Gasteiger partial charge in [0.15, 0.2) is 0 Å². The zero-order valence-electron chi connectivity index (χ0n) is 13.0. The molecule has 4 rings (SSSR count). The van der Waals surface area contributed by atoms with Crippen LogP contribution in [0.3, 0.4) is 0 Å². The molecule has 23 heavy (non-hydrogen) atoms. The van der Waals surface area contributed by atoms with Gasteiger partial charge in [0.2, 0.25) is 5.91 Å². The number of rotatable bonds is 1. The number of anilines is 1. The Bertz CT molecular complexity index is 903. The summed E-state index contributed by atoms with van der Waals surface area (Å²) in [5, 5.41) is 12.7. The van der Waals surface area contributed by atoms with E-state index in [1.807, 2.05) is 12.1 Å². The van der Waals surface area contributed by atoms with Crippen LogP contribution in [0, 0.1) is 0 Å². The molecule has 1 atom stereocenters. The summed E-state index contributed by atoms with van der Waals surface area (Å²) in [6.45, 7) is 4.19. The SMILES string of the molecule is CC(C)(N)C(=O)N1Cc2nnc(=O)c3cccc4c3c2C(C1)N4. The van der Waals surface area contributed by atoms with E-state index in [0.717, 1.165) is 16.6 Å². The Morgan fingerprint density at radius 2 is 2.17 bits per heavy atom. The van der Waals surface area contributed by atoms with Crippen LogP contribution in [-0.4, -0.2) is 33.1 Å². The molecule has 3 N–H and O–H groups in total. The van der Waals surface area contributed by atoms with Gasteiger partial charge in [0.05, 0.1) is 29.2 Å². The molecule has 0 saturated carbocycles. The van der Waals surface area contributed by atoms with Gasteiger partial charge in [-0.15, -0.1) is 10.2 Å². The van der Waals surface area contributed by atoms with Crippen molar-refractivity contribution in [2.45, 2.75) is 32.0 Å². The Morgan fingerprint density at radius 1 is 1.39 bits per heavy atom. The molecule has 2 aliphatic rings. The maximum atomic E-state index is 12.5. The standard InChI is InChI=1S/C16H17N5O2/c1-16(2,17)15(23)21-6-10-13-11(7-21)19-20-14(22)8-4-3-5-9(18-10)12(8)13/h3-5,10,18H,6-7,17H2,1-2H3. The number of hydrogen-bond acceptors (Lipinski definition) is 6. The number of nitrogens with one attached hydrogen (secondary N) is 1. The van der Waals surface area contributed by atoms with E-state index in [9.17, 15) is 9.59 Å². The summed E-state index contributed by atoms with van der Waals surface area (Å²) in [6, 6.07) is 5.43. The number of benzene rings is 1. The van der Waals surface area contributed by atoms with Gasteiger partial charge in [-0.05, 0) is 26.0 Å². The average Bonchev–Trinajstić information content (AvgIpc) is 2.81. The van der Waals surface area contributed by atoms with Crippen LogP contribution in [0.5, 0.6) is 0 Å². The van der Waals surface area contributed by atoms with Gasteiger partial charge in [-0.2, -0.15) is 0 Å². The average molecular weight is 311 g/mol. The zero-order valence-corrected chi connectivity index (χ0v) is 13.0. The van der Waals surface area contributed by atoms with E-state index in [2.05, 4.69) is 15.5 Å². The highest BCUT2D eigenvalue weighted by Crippen LogP contribution is 2.41. The number of hydrogen-bond donors (Lipinski definition) is 2. The molecular formula is C16H17N5O2. The predicted molar refractivity (Wildman–Crippen MR) is 85.9 cm³/mol. The van der Waals surface area contributed by atoms with Gasteiger partial charge in [0, 0.05) is 23.2 Å². The van der Waals surface area contributed by atoms with Crippen LogP contribution in [0.25, 0.3) is 10.8 Å². The van der Waals surface area contributed by atoms with Crippen LogP contribution < -0.4 is 16.6 Å². The maximum absolute atomic E-state index is 12.5. The first-order valence-electron chi connectivity index (χ1n) is 7.53. The molecule has 0 aliphatic carbocycles. The van der Waals surface area contributed by atoms with Crippen LogP contribution in [0.1, 0.15) is 31.1 Å². The quantitative estimate of drug-likeness (QED) is 0.797. The third-order valence-electron chi connectivity index (χ3n) is 4.40. The summed E-state index contributed by atoms with van der Waals surface area (Å²) >= 11 is 0. The number of aromatic nitrogens is 2. The molecule has 3 heterocycles. The van der Waals surface area contributed by atoms with Crippen LogP contribution in [-0.2, 0) is 11.3 Å². The van der Waals surface area contributed by atoms with Gasteiger partial charge in [-0.25, -0.2) is 0 Å². The second-order valence-electron chi connectivity index (χ2n) is 6.70. The fourth-order valence-corrected chi connectivity index (χ4v) is 3.42. The lowest BCUT2D eigenvalue weighted by molar-refractivity contribution is -0.137. The van der Waals surface area contributed by atoms with E-state index in [0.29, 0.717) is 24.2 Å². The molecule has 7 nitrogen and oxygen atoms in total. The summed E-state index contributed by atoms with van der Waals surface area (Å²) in [4.78, 5) is 26.4. The second kappa shape index (κ2) is 4.48. The predicted octanol–water partition coefficient (Wildman–Crippen LogP) is 0.536. The first kappa shape index (κ1) is 14.1. The number of carbonyl (C=O) groups is 1. The minimum absolute atomic E-state index is 0.0916. The van der Waals surface area contributed by atoms with E-state index in [1.165, 1.54) is 0 Å². The second-order valence-corrected chi connectivity index (χ2v) is 6.70. The van der Waals surface area contributed by atoms with Crippen molar-refractivity contribution in [2.24, 2.45) is 5.73 Å². The topological polar surface area (TPSA) is 101 Å². The molecule has 1 unspecified atom stereocenters.